The van der Waals surface area contributed by atoms with E-state index in [0.29, 0.717) is 13.0 Å². The molecular weight excluding hydrogens is 194 g/mol. The number of amides is 1. The van der Waals surface area contributed by atoms with Crippen molar-refractivity contribution in [2.75, 3.05) is 6.54 Å². The van der Waals surface area contributed by atoms with E-state index in [4.69, 9.17) is 0 Å². The Morgan fingerprint density at radius 3 is 2.53 bits per heavy atom. The molecule has 0 aromatic carbocycles. The van der Waals surface area contributed by atoms with E-state index in [1.54, 1.807) is 4.68 Å². The summed E-state index contributed by atoms with van der Waals surface area (Å²) >= 11 is 0. The van der Waals surface area contributed by atoms with Crippen LogP contribution in [-0.2, 0) is 12.0 Å². The highest BCUT2D eigenvalue weighted by molar-refractivity contribution is 5.96. The molecule has 0 saturated carbocycles. The zero-order valence-electron chi connectivity index (χ0n) is 9.18. The predicted octanol–water partition coefficient (Wildman–Crippen LogP) is 0.217. The molecule has 15 heavy (non-hydrogen) atoms. The van der Waals surface area contributed by atoms with Gasteiger partial charge >= 0.3 is 0 Å². The number of carbonyl (C=O) groups excluding carboxylic acids is 1. The number of hydrogen-bond acceptors (Lipinski definition) is 2. The SMILES string of the molecule is CC(C)(C)n1[nH]c(=O)c2c1CCNC2=O. The quantitative estimate of drug-likeness (QED) is 0.641. The second kappa shape index (κ2) is 2.98. The van der Waals surface area contributed by atoms with Crippen molar-refractivity contribution in [3.63, 3.8) is 0 Å². The number of rotatable bonds is 0. The van der Waals surface area contributed by atoms with Crippen molar-refractivity contribution in [3.8, 4) is 0 Å². The van der Waals surface area contributed by atoms with Crippen molar-refractivity contribution >= 4 is 5.91 Å². The van der Waals surface area contributed by atoms with Crippen LogP contribution >= 0.6 is 0 Å². The van der Waals surface area contributed by atoms with Gasteiger partial charge in [0.15, 0.2) is 0 Å². The van der Waals surface area contributed by atoms with E-state index in [2.05, 4.69) is 10.4 Å². The third kappa shape index (κ3) is 1.48. The minimum absolute atomic E-state index is 0.204. The number of fused-ring (bicyclic) bond motifs is 1. The fourth-order valence-corrected chi connectivity index (χ4v) is 1.89. The molecule has 2 heterocycles. The summed E-state index contributed by atoms with van der Waals surface area (Å²) < 4.78 is 1.80. The first-order valence-corrected chi connectivity index (χ1v) is 5.04. The largest absolute Gasteiger partial charge is 0.351 e. The molecule has 1 amide bonds. The first-order valence-electron chi connectivity index (χ1n) is 5.04. The van der Waals surface area contributed by atoms with Gasteiger partial charge in [-0.1, -0.05) is 0 Å². The van der Waals surface area contributed by atoms with Gasteiger partial charge in [0.05, 0.1) is 11.2 Å². The van der Waals surface area contributed by atoms with Gasteiger partial charge < -0.3 is 5.32 Å². The fraction of sp³-hybridized carbons (Fsp3) is 0.600. The van der Waals surface area contributed by atoms with E-state index >= 15 is 0 Å². The highest BCUT2D eigenvalue weighted by atomic mass is 16.2. The summed E-state index contributed by atoms with van der Waals surface area (Å²) in [5.41, 5.74) is 0.592. The summed E-state index contributed by atoms with van der Waals surface area (Å²) in [6.07, 6.45) is 0.705. The van der Waals surface area contributed by atoms with Crippen molar-refractivity contribution in [1.29, 1.82) is 0 Å². The smallest absolute Gasteiger partial charge is 0.277 e. The average molecular weight is 209 g/mol. The molecule has 1 aromatic rings. The average Bonchev–Trinajstić information content (AvgIpc) is 2.44. The molecule has 1 aliphatic heterocycles. The zero-order chi connectivity index (χ0) is 11.2. The predicted molar refractivity (Wildman–Crippen MR) is 56.1 cm³/mol. The van der Waals surface area contributed by atoms with Gasteiger partial charge in [0.25, 0.3) is 11.5 Å². The lowest BCUT2D eigenvalue weighted by Crippen LogP contribution is -2.36. The summed E-state index contributed by atoms with van der Waals surface area (Å²) in [6.45, 7) is 6.58. The van der Waals surface area contributed by atoms with Crippen LogP contribution in [0, 0.1) is 0 Å². The zero-order valence-corrected chi connectivity index (χ0v) is 9.18. The van der Waals surface area contributed by atoms with Crippen LogP contribution in [0.25, 0.3) is 0 Å². The summed E-state index contributed by atoms with van der Waals surface area (Å²) in [7, 11) is 0. The van der Waals surface area contributed by atoms with E-state index < -0.39 is 0 Å². The van der Waals surface area contributed by atoms with Crippen LogP contribution in [0.5, 0.6) is 0 Å². The number of aromatic nitrogens is 2. The fourth-order valence-electron chi connectivity index (χ4n) is 1.89. The van der Waals surface area contributed by atoms with Crippen LogP contribution in [0.1, 0.15) is 36.8 Å². The standard InChI is InChI=1S/C10H15N3O2/c1-10(2,3)13-6-4-5-11-8(14)7(6)9(15)12-13/h4-5H2,1-3H3,(H,11,14)(H,12,15). The van der Waals surface area contributed by atoms with Crippen molar-refractivity contribution in [3.05, 3.63) is 21.6 Å². The summed E-state index contributed by atoms with van der Waals surface area (Å²) in [6, 6.07) is 0. The van der Waals surface area contributed by atoms with E-state index in [9.17, 15) is 9.59 Å². The van der Waals surface area contributed by atoms with Crippen LogP contribution < -0.4 is 10.9 Å². The molecule has 0 unspecified atom stereocenters. The molecule has 0 spiro atoms. The Hall–Kier alpha value is -1.52. The van der Waals surface area contributed by atoms with E-state index in [0.717, 1.165) is 5.69 Å². The van der Waals surface area contributed by atoms with Gasteiger partial charge in [-0.2, -0.15) is 0 Å². The van der Waals surface area contributed by atoms with Crippen LogP contribution in [0.15, 0.2) is 4.79 Å². The maximum Gasteiger partial charge on any atom is 0.277 e. The van der Waals surface area contributed by atoms with Gasteiger partial charge in [0.1, 0.15) is 5.56 Å². The maximum absolute atomic E-state index is 11.6. The van der Waals surface area contributed by atoms with Crippen molar-refractivity contribution < 1.29 is 4.79 Å². The highest BCUT2D eigenvalue weighted by Gasteiger charge is 2.28. The number of carbonyl (C=O) groups is 1. The molecule has 0 radical (unpaired) electrons. The summed E-state index contributed by atoms with van der Waals surface area (Å²) in [4.78, 5) is 23.1. The molecule has 82 valence electrons. The molecule has 0 fully saturated rings. The molecule has 2 rings (SSSR count). The Morgan fingerprint density at radius 2 is 1.93 bits per heavy atom. The van der Waals surface area contributed by atoms with Gasteiger partial charge in [-0.15, -0.1) is 0 Å². The molecule has 1 aromatic heterocycles. The number of nitrogens with zero attached hydrogens (tertiary/aromatic N) is 1. The lowest BCUT2D eigenvalue weighted by atomic mass is 10.1. The lowest BCUT2D eigenvalue weighted by Gasteiger charge is -2.25. The second-order valence-electron chi connectivity index (χ2n) is 4.77. The molecule has 0 atom stereocenters. The Morgan fingerprint density at radius 1 is 1.27 bits per heavy atom. The topological polar surface area (TPSA) is 66.9 Å². The van der Waals surface area contributed by atoms with E-state index in [1.807, 2.05) is 20.8 Å². The first kappa shape index (κ1) is 10.0. The normalized spacial score (nSPS) is 16.1. The number of aromatic amines is 1. The Bertz CT molecular complexity index is 462. The first-order chi connectivity index (χ1) is 6.91. The molecule has 2 N–H and O–H groups in total. The molecule has 5 heteroatoms. The third-order valence-electron chi connectivity index (χ3n) is 2.54. The molecular formula is C10H15N3O2. The van der Waals surface area contributed by atoms with Crippen molar-refractivity contribution in [2.45, 2.75) is 32.7 Å². The molecule has 1 aliphatic rings. The monoisotopic (exact) mass is 209 g/mol. The second-order valence-corrected chi connectivity index (χ2v) is 4.77. The Kier molecular flexibility index (Phi) is 1.99. The molecule has 5 nitrogen and oxygen atoms in total. The van der Waals surface area contributed by atoms with Gasteiger partial charge in [0, 0.05) is 13.0 Å². The van der Waals surface area contributed by atoms with Gasteiger partial charge in [-0.3, -0.25) is 19.4 Å². The number of H-pyrrole nitrogens is 1. The van der Waals surface area contributed by atoms with Crippen molar-refractivity contribution in [1.82, 2.24) is 15.1 Å². The van der Waals surface area contributed by atoms with Gasteiger partial charge in [0.2, 0.25) is 0 Å². The number of nitrogens with one attached hydrogen (secondary N) is 2. The third-order valence-corrected chi connectivity index (χ3v) is 2.54. The minimum atomic E-state index is -0.294. The summed E-state index contributed by atoms with van der Waals surface area (Å²) in [5.74, 6) is -0.263. The Labute approximate surface area is 87.5 Å². The van der Waals surface area contributed by atoms with Crippen LogP contribution in [0.3, 0.4) is 0 Å². The summed E-state index contributed by atoms with van der Waals surface area (Å²) in [5, 5.41) is 5.40. The van der Waals surface area contributed by atoms with Crippen LogP contribution in [0.4, 0.5) is 0 Å². The van der Waals surface area contributed by atoms with E-state index in [-0.39, 0.29) is 22.6 Å². The van der Waals surface area contributed by atoms with E-state index in [1.165, 1.54) is 0 Å². The van der Waals surface area contributed by atoms with Gasteiger partial charge in [-0.05, 0) is 20.8 Å². The molecule has 0 saturated heterocycles. The van der Waals surface area contributed by atoms with Crippen LogP contribution in [-0.4, -0.2) is 22.2 Å². The number of hydrogen-bond donors (Lipinski definition) is 2. The van der Waals surface area contributed by atoms with Gasteiger partial charge in [-0.25, -0.2) is 0 Å². The lowest BCUT2D eigenvalue weighted by molar-refractivity contribution is 0.0943. The molecule has 0 aliphatic carbocycles. The van der Waals surface area contributed by atoms with Crippen LogP contribution in [0.2, 0.25) is 0 Å². The minimum Gasteiger partial charge on any atom is -0.351 e. The highest BCUT2D eigenvalue weighted by Crippen LogP contribution is 2.18. The van der Waals surface area contributed by atoms with Crippen molar-refractivity contribution in [2.24, 2.45) is 0 Å². The molecule has 0 bridgehead atoms. The maximum atomic E-state index is 11.6. The Balaban J connectivity index is 2.67.